The summed E-state index contributed by atoms with van der Waals surface area (Å²) >= 11 is 0. The number of hydrogen-bond acceptors (Lipinski definition) is 7. The van der Waals surface area contributed by atoms with E-state index in [0.717, 1.165) is 6.42 Å². The molecule has 0 saturated carbocycles. The molecule has 0 bridgehead atoms. The quantitative estimate of drug-likeness (QED) is 0.771. The molecule has 0 spiro atoms. The van der Waals surface area contributed by atoms with Crippen LogP contribution in [-0.4, -0.2) is 55.1 Å². The minimum Gasteiger partial charge on any atom is -0.424 e. The van der Waals surface area contributed by atoms with Gasteiger partial charge in [0.05, 0.1) is 18.1 Å². The Bertz CT molecular complexity index is 940. The summed E-state index contributed by atoms with van der Waals surface area (Å²) in [6.45, 7) is 2.95. The van der Waals surface area contributed by atoms with Crippen molar-refractivity contribution in [3.05, 3.63) is 36.0 Å². The molecule has 4 rings (SSSR count). The number of morpholine rings is 1. The van der Waals surface area contributed by atoms with Crippen LogP contribution in [0.5, 0.6) is 0 Å². The second kappa shape index (κ2) is 7.02. The first-order valence-electron chi connectivity index (χ1n) is 8.77. The third-order valence-corrected chi connectivity index (χ3v) is 6.66. The minimum absolute atomic E-state index is 0.0608. The van der Waals surface area contributed by atoms with E-state index in [2.05, 4.69) is 10.2 Å². The number of hydrogen-bond donors (Lipinski definition) is 0. The SMILES string of the molecule is Cc1nnc(C2COCCN2S(=O)(=O)c2ccc(N3CCCC3=O)cc2)o1. The molecule has 10 heteroatoms. The summed E-state index contributed by atoms with van der Waals surface area (Å²) < 4.78 is 38.5. The molecule has 0 aliphatic carbocycles. The van der Waals surface area contributed by atoms with E-state index < -0.39 is 16.1 Å². The summed E-state index contributed by atoms with van der Waals surface area (Å²) in [7, 11) is -3.78. The fourth-order valence-corrected chi connectivity index (χ4v) is 4.92. The summed E-state index contributed by atoms with van der Waals surface area (Å²) in [5, 5.41) is 7.74. The van der Waals surface area contributed by atoms with Gasteiger partial charge in [-0.3, -0.25) is 4.79 Å². The standard InChI is InChI=1S/C17H20N4O5S/c1-12-18-19-17(26-12)15-11-25-10-9-21(15)27(23,24)14-6-4-13(5-7-14)20-8-2-3-16(20)22/h4-7,15H,2-3,8-11H2,1H3. The van der Waals surface area contributed by atoms with E-state index in [0.29, 0.717) is 31.2 Å². The van der Waals surface area contributed by atoms with Crippen molar-refractivity contribution in [3.8, 4) is 0 Å². The third kappa shape index (κ3) is 3.35. The van der Waals surface area contributed by atoms with Gasteiger partial charge in [-0.15, -0.1) is 10.2 Å². The summed E-state index contributed by atoms with van der Waals surface area (Å²) in [6, 6.07) is 5.74. The topological polar surface area (TPSA) is 106 Å². The Morgan fingerprint density at radius 1 is 1.15 bits per heavy atom. The van der Waals surface area contributed by atoms with Gasteiger partial charge in [-0.1, -0.05) is 0 Å². The van der Waals surface area contributed by atoms with Crippen LogP contribution in [0.2, 0.25) is 0 Å². The average molecular weight is 392 g/mol. The van der Waals surface area contributed by atoms with E-state index in [1.165, 1.54) is 16.4 Å². The molecular formula is C17H20N4O5S. The zero-order valence-electron chi connectivity index (χ0n) is 14.9. The summed E-state index contributed by atoms with van der Waals surface area (Å²) in [6.07, 6.45) is 1.34. The molecule has 0 radical (unpaired) electrons. The van der Waals surface area contributed by atoms with Gasteiger partial charge < -0.3 is 14.1 Å². The molecule has 2 aliphatic rings. The summed E-state index contributed by atoms with van der Waals surface area (Å²) in [5.74, 6) is 0.647. The monoisotopic (exact) mass is 392 g/mol. The van der Waals surface area contributed by atoms with Gasteiger partial charge >= 0.3 is 0 Å². The zero-order chi connectivity index (χ0) is 19.0. The number of anilines is 1. The Morgan fingerprint density at radius 2 is 1.93 bits per heavy atom. The molecule has 1 atom stereocenters. The first kappa shape index (κ1) is 18.1. The Kier molecular flexibility index (Phi) is 4.70. The smallest absolute Gasteiger partial charge is 0.243 e. The molecule has 1 unspecified atom stereocenters. The van der Waals surface area contributed by atoms with Gasteiger partial charge in [-0.25, -0.2) is 8.42 Å². The van der Waals surface area contributed by atoms with E-state index >= 15 is 0 Å². The molecule has 0 N–H and O–H groups in total. The van der Waals surface area contributed by atoms with Gasteiger partial charge in [0.15, 0.2) is 0 Å². The lowest BCUT2D eigenvalue weighted by Gasteiger charge is -2.32. The van der Waals surface area contributed by atoms with Crippen LogP contribution >= 0.6 is 0 Å². The van der Waals surface area contributed by atoms with Crippen LogP contribution in [0.3, 0.4) is 0 Å². The molecule has 9 nitrogen and oxygen atoms in total. The van der Waals surface area contributed by atoms with Crippen molar-refractivity contribution in [1.29, 1.82) is 0 Å². The highest BCUT2D eigenvalue weighted by Gasteiger charge is 2.38. The van der Waals surface area contributed by atoms with Crippen LogP contribution in [0.25, 0.3) is 0 Å². The lowest BCUT2D eigenvalue weighted by Crippen LogP contribution is -2.43. The number of aryl methyl sites for hydroxylation is 1. The van der Waals surface area contributed by atoms with Crippen molar-refractivity contribution in [3.63, 3.8) is 0 Å². The number of ether oxygens (including phenoxy) is 1. The number of benzene rings is 1. The molecule has 27 heavy (non-hydrogen) atoms. The van der Waals surface area contributed by atoms with Crippen LogP contribution in [0, 0.1) is 6.92 Å². The molecule has 2 fully saturated rings. The Labute approximate surface area is 157 Å². The van der Waals surface area contributed by atoms with E-state index in [1.807, 2.05) is 0 Å². The number of nitrogens with zero attached hydrogens (tertiary/aromatic N) is 4. The fourth-order valence-electron chi connectivity index (χ4n) is 3.37. The number of carbonyl (C=O) groups is 1. The van der Waals surface area contributed by atoms with E-state index in [1.54, 1.807) is 24.0 Å². The highest BCUT2D eigenvalue weighted by Crippen LogP contribution is 2.31. The van der Waals surface area contributed by atoms with Gasteiger partial charge in [0.25, 0.3) is 0 Å². The lowest BCUT2D eigenvalue weighted by atomic mass is 10.3. The van der Waals surface area contributed by atoms with Crippen molar-refractivity contribution in [2.24, 2.45) is 0 Å². The van der Waals surface area contributed by atoms with Crippen molar-refractivity contribution in [2.45, 2.75) is 30.7 Å². The van der Waals surface area contributed by atoms with Gasteiger partial charge in [0.2, 0.25) is 27.7 Å². The fraction of sp³-hybridized carbons (Fsp3) is 0.471. The number of aromatic nitrogens is 2. The summed E-state index contributed by atoms with van der Waals surface area (Å²) in [4.78, 5) is 13.7. The van der Waals surface area contributed by atoms with Crippen LogP contribution in [0.1, 0.15) is 30.7 Å². The summed E-state index contributed by atoms with van der Waals surface area (Å²) in [5.41, 5.74) is 0.711. The number of rotatable bonds is 4. The normalized spacial score (nSPS) is 21.7. The zero-order valence-corrected chi connectivity index (χ0v) is 15.7. The van der Waals surface area contributed by atoms with Crippen LogP contribution < -0.4 is 4.90 Å². The molecule has 3 heterocycles. The van der Waals surface area contributed by atoms with E-state index in [4.69, 9.17) is 9.15 Å². The molecule has 2 aliphatic heterocycles. The van der Waals surface area contributed by atoms with Crippen molar-refractivity contribution >= 4 is 21.6 Å². The molecule has 144 valence electrons. The Hall–Kier alpha value is -2.30. The van der Waals surface area contributed by atoms with E-state index in [9.17, 15) is 13.2 Å². The lowest BCUT2D eigenvalue weighted by molar-refractivity contribution is -0.117. The molecule has 1 aromatic carbocycles. The van der Waals surface area contributed by atoms with Gasteiger partial charge in [-0.05, 0) is 30.7 Å². The number of amides is 1. The number of carbonyl (C=O) groups excluding carboxylic acids is 1. The van der Waals surface area contributed by atoms with Gasteiger partial charge in [0, 0.05) is 32.1 Å². The number of sulfonamides is 1. The largest absolute Gasteiger partial charge is 0.424 e. The first-order valence-corrected chi connectivity index (χ1v) is 10.2. The average Bonchev–Trinajstić information content (AvgIpc) is 3.30. The maximum Gasteiger partial charge on any atom is 0.243 e. The molecular weight excluding hydrogens is 372 g/mol. The Balaban J connectivity index is 1.62. The van der Waals surface area contributed by atoms with Crippen molar-refractivity contribution in [1.82, 2.24) is 14.5 Å². The predicted octanol–water partition coefficient (Wildman–Crippen LogP) is 1.27. The van der Waals surface area contributed by atoms with E-state index in [-0.39, 0.29) is 29.8 Å². The molecule has 2 saturated heterocycles. The minimum atomic E-state index is -3.78. The van der Waals surface area contributed by atoms with Gasteiger partial charge in [-0.2, -0.15) is 4.31 Å². The van der Waals surface area contributed by atoms with Crippen LogP contribution in [-0.2, 0) is 19.6 Å². The highest BCUT2D eigenvalue weighted by atomic mass is 32.2. The first-order chi connectivity index (χ1) is 13.0. The maximum atomic E-state index is 13.2. The predicted molar refractivity (Wildman–Crippen MR) is 94.5 cm³/mol. The Morgan fingerprint density at radius 3 is 2.56 bits per heavy atom. The third-order valence-electron chi connectivity index (χ3n) is 4.73. The van der Waals surface area contributed by atoms with Crippen molar-refractivity contribution < 1.29 is 22.4 Å². The maximum absolute atomic E-state index is 13.2. The van der Waals surface area contributed by atoms with Crippen LogP contribution in [0.4, 0.5) is 5.69 Å². The molecule has 2 aromatic rings. The highest BCUT2D eigenvalue weighted by molar-refractivity contribution is 7.89. The van der Waals surface area contributed by atoms with Gasteiger partial charge in [0.1, 0.15) is 6.04 Å². The van der Waals surface area contributed by atoms with Crippen LogP contribution in [0.15, 0.2) is 33.6 Å². The molecule has 1 aromatic heterocycles. The molecule has 1 amide bonds. The second-order valence-corrected chi connectivity index (χ2v) is 8.40. The second-order valence-electron chi connectivity index (χ2n) is 6.51. The van der Waals surface area contributed by atoms with Crippen molar-refractivity contribution in [2.75, 3.05) is 31.2 Å².